The van der Waals surface area contributed by atoms with Crippen LogP contribution in [0.25, 0.3) is 0 Å². The highest BCUT2D eigenvalue weighted by molar-refractivity contribution is 6.29. The van der Waals surface area contributed by atoms with Gasteiger partial charge >= 0.3 is 6.16 Å². The molecule has 2 amide bonds. The highest BCUT2D eigenvalue weighted by Crippen LogP contribution is 2.42. The number of amides is 2. The molecule has 0 aliphatic rings. The van der Waals surface area contributed by atoms with Crippen molar-refractivity contribution in [3.8, 4) is 11.5 Å². The number of rotatable bonds is 13. The molecule has 4 aromatic rings. The average Bonchev–Trinajstić information content (AvgIpc) is 3.22. The van der Waals surface area contributed by atoms with Crippen molar-refractivity contribution in [3.05, 3.63) is 141 Å². The summed E-state index contributed by atoms with van der Waals surface area (Å²) >= 11 is 0. The maximum Gasteiger partial charge on any atom is 0.513 e. The van der Waals surface area contributed by atoms with E-state index in [9.17, 15) is 37.9 Å². The molecule has 0 saturated carbocycles. The van der Waals surface area contributed by atoms with E-state index in [1.807, 2.05) is 95.2 Å². The lowest BCUT2D eigenvalue weighted by Crippen LogP contribution is -2.25. The molecule has 68 heavy (non-hydrogen) atoms. The maximum absolute atomic E-state index is 14.3. The van der Waals surface area contributed by atoms with E-state index in [1.165, 1.54) is 55.6 Å². The molecule has 0 spiro atoms. The first-order chi connectivity index (χ1) is 31.5. The number of carbonyl (C=O) groups is 5. The Hall–Kier alpha value is -6.83. The second-order valence-corrected chi connectivity index (χ2v) is 19.9. The van der Waals surface area contributed by atoms with Gasteiger partial charge in [-0.3, -0.25) is 19.2 Å². The lowest BCUT2D eigenvalue weighted by atomic mass is 9.79. The highest BCUT2D eigenvalue weighted by atomic mass is 19.1. The van der Waals surface area contributed by atoms with Crippen LogP contribution in [0.1, 0.15) is 140 Å². The molecule has 0 heterocycles. The zero-order chi connectivity index (χ0) is 51.5. The lowest BCUT2D eigenvalue weighted by Gasteiger charge is -2.29. The van der Waals surface area contributed by atoms with E-state index in [4.69, 9.17) is 14.2 Å². The normalized spacial score (nSPS) is 12.2. The van der Waals surface area contributed by atoms with Gasteiger partial charge in [-0.25, -0.2) is 13.6 Å². The average molecular weight is 941 g/mol. The van der Waals surface area contributed by atoms with Crippen molar-refractivity contribution in [3.63, 3.8) is 0 Å². The number of anilines is 2. The molecule has 0 aliphatic heterocycles. The third-order valence-corrected chi connectivity index (χ3v) is 10.3. The van der Waals surface area contributed by atoms with Crippen LogP contribution in [-0.4, -0.2) is 55.0 Å². The molecule has 0 saturated heterocycles. The second kappa shape index (κ2) is 22.8. The molecule has 0 aromatic heterocycles. The molecule has 12 nitrogen and oxygen atoms in total. The van der Waals surface area contributed by atoms with Crippen LogP contribution in [0.4, 0.5) is 25.0 Å². The Morgan fingerprint density at radius 3 is 1.28 bits per heavy atom. The van der Waals surface area contributed by atoms with Crippen LogP contribution in [0, 0.1) is 11.6 Å². The van der Waals surface area contributed by atoms with E-state index in [2.05, 4.69) is 15.4 Å². The minimum atomic E-state index is -0.909. The van der Waals surface area contributed by atoms with Gasteiger partial charge in [0.2, 0.25) is 11.6 Å². The van der Waals surface area contributed by atoms with Crippen molar-refractivity contribution >= 4 is 40.9 Å². The van der Waals surface area contributed by atoms with Gasteiger partial charge in [-0.2, -0.15) is 0 Å². The van der Waals surface area contributed by atoms with Gasteiger partial charge in [0.15, 0.2) is 0 Å². The van der Waals surface area contributed by atoms with Crippen LogP contribution >= 0.6 is 0 Å². The van der Waals surface area contributed by atoms with Crippen LogP contribution in [-0.2, 0) is 45.5 Å². The number of hydrogen-bond donors (Lipinski definition) is 3. The van der Waals surface area contributed by atoms with Crippen molar-refractivity contribution in [2.24, 2.45) is 0 Å². The summed E-state index contributed by atoms with van der Waals surface area (Å²) in [5, 5.41) is 16.1. The number of ketones is 2. The minimum absolute atomic E-state index is 0.0385. The summed E-state index contributed by atoms with van der Waals surface area (Å²) < 4.78 is 49.0. The molecule has 0 bridgehead atoms. The number of carbonyl (C=O) groups excluding carboxylic acids is 5. The predicted molar refractivity (Wildman–Crippen MR) is 261 cm³/mol. The number of halogens is 2. The van der Waals surface area contributed by atoms with Crippen LogP contribution in [0.3, 0.4) is 0 Å². The summed E-state index contributed by atoms with van der Waals surface area (Å²) in [5.41, 5.74) is 0.976. The van der Waals surface area contributed by atoms with Gasteiger partial charge in [0.1, 0.15) is 34.3 Å². The van der Waals surface area contributed by atoms with Gasteiger partial charge in [-0.15, -0.1) is 0 Å². The molecule has 14 heteroatoms. The number of ether oxygens (including phenoxy) is 4. The number of benzene rings is 4. The minimum Gasteiger partial charge on any atom is -0.508 e. The van der Waals surface area contributed by atoms with E-state index in [0.717, 1.165) is 46.9 Å². The number of nitrogens with one attached hydrogen (secondary N) is 2. The fraction of sp³-hybridized carbons (Fsp3) is 0.389. The Kier molecular flexibility index (Phi) is 18.6. The Balaban J connectivity index is 0.000000363. The van der Waals surface area contributed by atoms with Gasteiger partial charge < -0.3 is 34.7 Å². The Morgan fingerprint density at radius 1 is 0.559 bits per heavy atom. The molecule has 4 aromatic carbocycles. The maximum atomic E-state index is 14.3. The number of aromatic hydroxyl groups is 1. The van der Waals surface area contributed by atoms with Gasteiger partial charge in [0.25, 0.3) is 11.8 Å². The summed E-state index contributed by atoms with van der Waals surface area (Å²) in [5.74, 6) is -4.40. The Morgan fingerprint density at radius 2 is 0.926 bits per heavy atom. The molecule has 4 rings (SSSR count). The Labute approximate surface area is 399 Å². The topological polar surface area (TPSA) is 167 Å². The molecule has 0 atom stereocenters. The van der Waals surface area contributed by atoms with Gasteiger partial charge in [0.05, 0.1) is 44.0 Å². The van der Waals surface area contributed by atoms with E-state index in [0.29, 0.717) is 11.4 Å². The summed E-state index contributed by atoms with van der Waals surface area (Å²) in [4.78, 5) is 64.5. The zero-order valence-electron chi connectivity index (χ0n) is 41.9. The number of Topliss-reactive ketones (excluding diaryl/α,β-unsaturated/α-hetero) is 2. The first-order valence-corrected chi connectivity index (χ1v) is 22.1. The third kappa shape index (κ3) is 14.6. The van der Waals surface area contributed by atoms with Crippen LogP contribution < -0.4 is 15.4 Å². The van der Waals surface area contributed by atoms with Gasteiger partial charge in [-0.1, -0.05) is 107 Å². The molecule has 3 N–H and O–H groups in total. The van der Waals surface area contributed by atoms with Crippen LogP contribution in [0.2, 0.25) is 0 Å². The van der Waals surface area contributed by atoms with E-state index in [-0.39, 0.29) is 57.8 Å². The van der Waals surface area contributed by atoms with Crippen molar-refractivity contribution in [1.82, 2.24) is 0 Å². The molecule has 366 valence electrons. The number of methoxy groups -OCH3 is 1. The number of phenolic OH excluding ortho intramolecular Hbond substituents is 1. The molecular weight excluding hydrogens is 875 g/mol. The Bertz CT molecular complexity index is 2570. The van der Waals surface area contributed by atoms with Crippen molar-refractivity contribution in [2.75, 3.05) is 31.0 Å². The van der Waals surface area contributed by atoms with Crippen molar-refractivity contribution < 1.29 is 56.8 Å². The van der Waals surface area contributed by atoms with Crippen molar-refractivity contribution in [2.45, 2.75) is 119 Å². The molecular formula is C54H66F2N2O10. The number of hydrogen-bond acceptors (Lipinski definition) is 10. The summed E-state index contributed by atoms with van der Waals surface area (Å²) in [6, 6.07) is 17.6. The summed E-state index contributed by atoms with van der Waals surface area (Å²) in [6.45, 7) is 27.6. The first kappa shape index (κ1) is 55.5. The van der Waals surface area contributed by atoms with Crippen LogP contribution in [0.5, 0.6) is 11.5 Å². The van der Waals surface area contributed by atoms with E-state index in [1.54, 1.807) is 13.8 Å². The molecule has 0 unspecified atom stereocenters. The third-order valence-electron chi connectivity index (χ3n) is 10.3. The second-order valence-electron chi connectivity index (χ2n) is 19.9. The van der Waals surface area contributed by atoms with Gasteiger partial charge in [0, 0.05) is 29.1 Å². The quantitative estimate of drug-likeness (QED) is 0.0223. The van der Waals surface area contributed by atoms with Crippen molar-refractivity contribution in [1.29, 1.82) is 0 Å². The lowest BCUT2D eigenvalue weighted by molar-refractivity contribution is -0.113. The number of phenols is 1. The zero-order valence-corrected chi connectivity index (χ0v) is 41.9. The largest absolute Gasteiger partial charge is 0.513 e. The summed E-state index contributed by atoms with van der Waals surface area (Å²) in [6.07, 6.45) is 1.16. The smallest absolute Gasteiger partial charge is 0.508 e. The van der Waals surface area contributed by atoms with E-state index >= 15 is 0 Å². The van der Waals surface area contributed by atoms with E-state index < -0.39 is 52.0 Å². The van der Waals surface area contributed by atoms with Gasteiger partial charge in [-0.05, 0) is 88.6 Å². The molecule has 0 radical (unpaired) electrons. The SMILES string of the molecule is CCO/C=C(\C(=O)Nc1cc(O)c(C(C)(C)C)cc1C(C)(C)C)C(=O)c1ccccc1F.CCO/C=C(\C(=O)Nc1cc(OC(=O)OC)c(C(C)(C)C)cc1C(C)(C)C)C(=O)c1ccccc1F. The predicted octanol–water partition coefficient (Wildman–Crippen LogP) is 12.2. The fourth-order valence-corrected chi connectivity index (χ4v) is 6.73. The highest BCUT2D eigenvalue weighted by Gasteiger charge is 2.32. The summed E-state index contributed by atoms with van der Waals surface area (Å²) in [7, 11) is 1.20. The fourth-order valence-electron chi connectivity index (χ4n) is 6.73. The first-order valence-electron chi connectivity index (χ1n) is 22.1. The monoisotopic (exact) mass is 940 g/mol. The molecule has 0 fully saturated rings. The standard InChI is InChI=1S/C28H34FNO6.C26H32FNO4/c1-9-35-16-18(24(31)17-12-10-11-13-21(17)29)25(32)30-22-15-23(36-26(33)34-8)20(28(5,6)7)14-19(22)27(2,3)4;1-8-32-15-17(23(30)16-11-9-10-12-20(16)27)24(31)28-21-14-22(29)19(26(5,6)7)13-18(21)25(2,3)4/h10-16H,9H2,1-8H3,(H,30,32);9-15,29H,8H2,1-7H3,(H,28,31)/b18-16-;17-15-. The molecule has 0 aliphatic carbocycles. The van der Waals surface area contributed by atoms with Crippen LogP contribution in [0.15, 0.2) is 96.5 Å².